The van der Waals surface area contributed by atoms with Crippen molar-refractivity contribution in [3.63, 3.8) is 0 Å². The highest BCUT2D eigenvalue weighted by Gasteiger charge is 2.39. The number of likely N-dealkylation sites (tertiary alicyclic amines) is 1. The summed E-state index contributed by atoms with van der Waals surface area (Å²) in [6.45, 7) is 4.70. The minimum atomic E-state index is 0.0655. The molecule has 6 heteroatoms. The first-order valence-corrected chi connectivity index (χ1v) is 10.6. The van der Waals surface area contributed by atoms with E-state index in [1.165, 1.54) is 19.3 Å². The third-order valence-corrected chi connectivity index (χ3v) is 6.85. The van der Waals surface area contributed by atoms with Crippen LogP contribution in [0.15, 0.2) is 0 Å². The average molecular weight is 364 g/mol. The topological polar surface area (TPSA) is 61.9 Å². The molecule has 0 aromatic carbocycles. The van der Waals surface area contributed by atoms with Crippen molar-refractivity contribution < 1.29 is 14.3 Å². The summed E-state index contributed by atoms with van der Waals surface area (Å²) in [7, 11) is 0. The van der Waals surface area contributed by atoms with Crippen LogP contribution in [0.25, 0.3) is 0 Å². The molecule has 4 rings (SSSR count). The second-order valence-electron chi connectivity index (χ2n) is 8.64. The van der Waals surface area contributed by atoms with E-state index in [-0.39, 0.29) is 17.7 Å². The van der Waals surface area contributed by atoms with Crippen LogP contribution >= 0.6 is 0 Å². The summed E-state index contributed by atoms with van der Waals surface area (Å²) in [5.41, 5.74) is 3.53. The number of amides is 1. The number of ether oxygens (including phenoxy) is 1. The first kappa shape index (κ1) is 18.4. The van der Waals surface area contributed by atoms with Gasteiger partial charge in [-0.15, -0.1) is 0 Å². The van der Waals surface area contributed by atoms with Crippen molar-refractivity contribution in [2.24, 2.45) is 17.8 Å². The number of carbonyl (C=O) groups excluding carboxylic acids is 2. The third kappa shape index (κ3) is 4.12. The molecule has 3 aliphatic heterocycles. The molecule has 0 aromatic heterocycles. The van der Waals surface area contributed by atoms with Gasteiger partial charge in [0.15, 0.2) is 0 Å². The predicted molar refractivity (Wildman–Crippen MR) is 98.3 cm³/mol. The van der Waals surface area contributed by atoms with Crippen LogP contribution in [-0.2, 0) is 14.3 Å². The number of nitrogens with one attached hydrogen (secondary N) is 1. The summed E-state index contributed by atoms with van der Waals surface area (Å²) >= 11 is 0. The Bertz CT molecular complexity index is 510. The minimum absolute atomic E-state index is 0.0655. The molecule has 3 saturated heterocycles. The van der Waals surface area contributed by atoms with E-state index in [4.69, 9.17) is 4.74 Å². The van der Waals surface area contributed by atoms with E-state index in [9.17, 15) is 9.59 Å². The maximum Gasteiger partial charge on any atom is 0.222 e. The quantitative estimate of drug-likeness (QED) is 0.804. The normalized spacial score (nSPS) is 29.7. The van der Waals surface area contributed by atoms with Crippen LogP contribution < -0.4 is 5.43 Å². The SMILES string of the molecule is O=C(C1CCCN(C2CCC2)NC1)C1CN(C(=O)CC2CCOCC2)C1. The Morgan fingerprint density at radius 2 is 1.73 bits per heavy atom. The first-order chi connectivity index (χ1) is 12.7. The zero-order valence-electron chi connectivity index (χ0n) is 15.8. The number of carbonyl (C=O) groups is 2. The van der Waals surface area contributed by atoms with E-state index in [1.54, 1.807) is 0 Å². The van der Waals surface area contributed by atoms with Crippen LogP contribution in [0, 0.1) is 17.8 Å². The van der Waals surface area contributed by atoms with Crippen LogP contribution in [0.5, 0.6) is 0 Å². The molecule has 146 valence electrons. The van der Waals surface area contributed by atoms with Gasteiger partial charge in [0.25, 0.3) is 0 Å². The predicted octanol–water partition coefficient (Wildman–Crippen LogP) is 1.60. The highest BCUT2D eigenvalue weighted by molar-refractivity contribution is 5.87. The minimum Gasteiger partial charge on any atom is -0.381 e. The Kier molecular flexibility index (Phi) is 5.91. The van der Waals surface area contributed by atoms with Gasteiger partial charge in [0.1, 0.15) is 5.78 Å². The largest absolute Gasteiger partial charge is 0.381 e. The van der Waals surface area contributed by atoms with Crippen LogP contribution in [0.3, 0.4) is 0 Å². The molecule has 0 bridgehead atoms. The molecule has 0 radical (unpaired) electrons. The molecular weight excluding hydrogens is 330 g/mol. The Hall–Kier alpha value is -0.980. The first-order valence-electron chi connectivity index (χ1n) is 10.6. The van der Waals surface area contributed by atoms with Gasteiger partial charge >= 0.3 is 0 Å². The number of hydrogen-bond acceptors (Lipinski definition) is 5. The average Bonchev–Trinajstić information content (AvgIpc) is 2.79. The molecule has 4 aliphatic rings. The maximum absolute atomic E-state index is 12.8. The van der Waals surface area contributed by atoms with E-state index in [1.807, 2.05) is 4.90 Å². The fourth-order valence-electron chi connectivity index (χ4n) is 4.69. The van der Waals surface area contributed by atoms with Gasteiger partial charge in [-0.05, 0) is 44.4 Å². The lowest BCUT2D eigenvalue weighted by Crippen LogP contribution is -2.55. The Labute approximate surface area is 156 Å². The third-order valence-electron chi connectivity index (χ3n) is 6.85. The second kappa shape index (κ2) is 8.36. The molecule has 1 amide bonds. The van der Waals surface area contributed by atoms with E-state index < -0.39 is 0 Å². The zero-order chi connectivity index (χ0) is 17.9. The molecule has 1 saturated carbocycles. The van der Waals surface area contributed by atoms with E-state index in [0.29, 0.717) is 37.3 Å². The van der Waals surface area contributed by atoms with E-state index in [2.05, 4.69) is 10.4 Å². The van der Waals surface area contributed by atoms with Gasteiger partial charge in [-0.2, -0.15) is 0 Å². The summed E-state index contributed by atoms with van der Waals surface area (Å²) in [5, 5.41) is 2.38. The molecule has 1 atom stereocenters. The van der Waals surface area contributed by atoms with Crippen LogP contribution in [0.4, 0.5) is 0 Å². The van der Waals surface area contributed by atoms with Gasteiger partial charge in [-0.25, -0.2) is 5.01 Å². The number of hydrogen-bond donors (Lipinski definition) is 1. The number of ketones is 1. The van der Waals surface area contributed by atoms with Crippen molar-refractivity contribution in [1.82, 2.24) is 15.3 Å². The van der Waals surface area contributed by atoms with Gasteiger partial charge in [-0.1, -0.05) is 6.42 Å². The van der Waals surface area contributed by atoms with Crippen molar-refractivity contribution in [2.45, 2.75) is 57.4 Å². The monoisotopic (exact) mass is 363 g/mol. The van der Waals surface area contributed by atoms with E-state index >= 15 is 0 Å². The molecule has 1 N–H and O–H groups in total. The molecule has 6 nitrogen and oxygen atoms in total. The second-order valence-corrected chi connectivity index (χ2v) is 8.64. The van der Waals surface area contributed by atoms with Crippen molar-refractivity contribution in [1.29, 1.82) is 0 Å². The molecule has 0 aromatic rings. The van der Waals surface area contributed by atoms with E-state index in [0.717, 1.165) is 52.0 Å². The van der Waals surface area contributed by atoms with Gasteiger partial charge in [-0.3, -0.25) is 15.0 Å². The lowest BCUT2D eigenvalue weighted by molar-refractivity contribution is -0.145. The van der Waals surface area contributed by atoms with Gasteiger partial charge in [0.2, 0.25) is 5.91 Å². The van der Waals surface area contributed by atoms with Crippen LogP contribution in [0.2, 0.25) is 0 Å². The zero-order valence-corrected chi connectivity index (χ0v) is 15.8. The summed E-state index contributed by atoms with van der Waals surface area (Å²) < 4.78 is 5.36. The van der Waals surface area contributed by atoms with Gasteiger partial charge < -0.3 is 9.64 Å². The van der Waals surface area contributed by atoms with Crippen molar-refractivity contribution >= 4 is 11.7 Å². The lowest BCUT2D eigenvalue weighted by Gasteiger charge is -2.40. The maximum atomic E-state index is 12.8. The van der Waals surface area contributed by atoms with Crippen LogP contribution in [-0.4, -0.2) is 67.0 Å². The van der Waals surface area contributed by atoms with Crippen molar-refractivity contribution in [3.05, 3.63) is 0 Å². The Morgan fingerprint density at radius 3 is 2.42 bits per heavy atom. The highest BCUT2D eigenvalue weighted by Crippen LogP contribution is 2.28. The molecule has 3 heterocycles. The molecule has 1 unspecified atom stereocenters. The van der Waals surface area contributed by atoms with Crippen LogP contribution in [0.1, 0.15) is 51.4 Å². The smallest absolute Gasteiger partial charge is 0.222 e. The van der Waals surface area contributed by atoms with Crippen molar-refractivity contribution in [3.8, 4) is 0 Å². The van der Waals surface area contributed by atoms with Gasteiger partial charge in [0, 0.05) is 57.8 Å². The van der Waals surface area contributed by atoms with Crippen molar-refractivity contribution in [2.75, 3.05) is 39.4 Å². The molecule has 0 spiro atoms. The number of rotatable bonds is 5. The number of hydrazine groups is 1. The van der Waals surface area contributed by atoms with Gasteiger partial charge in [0.05, 0.1) is 5.92 Å². The fraction of sp³-hybridized carbons (Fsp3) is 0.900. The summed E-state index contributed by atoms with van der Waals surface area (Å²) in [4.78, 5) is 27.1. The number of nitrogens with zero attached hydrogens (tertiary/aromatic N) is 2. The molecular formula is C20H33N3O3. The lowest BCUT2D eigenvalue weighted by atomic mass is 9.84. The molecule has 1 aliphatic carbocycles. The Morgan fingerprint density at radius 1 is 0.962 bits per heavy atom. The number of Topliss-reactive ketones (excluding diaryl/α,β-unsaturated/α-hetero) is 1. The summed E-state index contributed by atoms with van der Waals surface area (Å²) in [5.74, 6) is 1.27. The fourth-order valence-corrected chi connectivity index (χ4v) is 4.69. The Balaban J connectivity index is 1.19. The summed E-state index contributed by atoms with van der Waals surface area (Å²) in [6.07, 6.45) is 8.62. The summed E-state index contributed by atoms with van der Waals surface area (Å²) in [6, 6.07) is 0.686. The highest BCUT2D eigenvalue weighted by atomic mass is 16.5. The molecule has 4 fully saturated rings. The molecule has 26 heavy (non-hydrogen) atoms. The standard InChI is InChI=1S/C20H33N3O3/c24-19(11-15-6-9-26-10-7-15)22-13-17(14-22)20(25)16-3-2-8-23(21-12-16)18-4-1-5-18/h15-18,21H,1-14H2.